The summed E-state index contributed by atoms with van der Waals surface area (Å²) >= 11 is 0. The lowest BCUT2D eigenvalue weighted by atomic mass is 10.2. The molecule has 0 bridgehead atoms. The Labute approximate surface area is 71.3 Å². The van der Waals surface area contributed by atoms with Crippen LogP contribution in [-0.4, -0.2) is 32.9 Å². The molecule has 0 aliphatic heterocycles. The van der Waals surface area contributed by atoms with Crippen molar-refractivity contribution in [3.05, 3.63) is 17.7 Å². The predicted molar refractivity (Wildman–Crippen MR) is 44.7 cm³/mol. The highest BCUT2D eigenvalue weighted by molar-refractivity contribution is 4.99. The van der Waals surface area contributed by atoms with Crippen LogP contribution < -0.4 is 0 Å². The van der Waals surface area contributed by atoms with Crippen molar-refractivity contribution in [1.29, 1.82) is 0 Å². The zero-order chi connectivity index (χ0) is 8.97. The number of aromatic nitrogens is 2. The zero-order valence-electron chi connectivity index (χ0n) is 7.12. The van der Waals surface area contributed by atoms with Gasteiger partial charge in [-0.15, -0.1) is 0 Å². The van der Waals surface area contributed by atoms with Gasteiger partial charge in [0.2, 0.25) is 0 Å². The number of aryl methyl sites for hydroxylation is 2. The van der Waals surface area contributed by atoms with E-state index in [1.807, 2.05) is 6.92 Å². The van der Waals surface area contributed by atoms with E-state index in [4.69, 9.17) is 10.2 Å². The van der Waals surface area contributed by atoms with Crippen molar-refractivity contribution in [2.75, 3.05) is 6.61 Å². The van der Waals surface area contributed by atoms with E-state index in [9.17, 15) is 0 Å². The standard InChI is InChI=1S/C8H14N2O2/c1-6-9-4-7(10-6)2-3-8(12)5-11/h4,8,11-12H,2-3,5H2,1H3,(H,9,10). The maximum Gasteiger partial charge on any atom is 0.103 e. The van der Waals surface area contributed by atoms with Crippen molar-refractivity contribution in [2.24, 2.45) is 0 Å². The summed E-state index contributed by atoms with van der Waals surface area (Å²) in [6.45, 7) is 1.71. The first-order valence-electron chi connectivity index (χ1n) is 4.01. The van der Waals surface area contributed by atoms with Crippen LogP contribution in [0.4, 0.5) is 0 Å². The highest BCUT2D eigenvalue weighted by atomic mass is 16.3. The first-order chi connectivity index (χ1) is 5.72. The SMILES string of the molecule is Cc1ncc(CCC(O)CO)[nH]1. The average Bonchev–Trinajstić information content (AvgIpc) is 2.47. The number of imidazole rings is 1. The third-order valence-electron chi connectivity index (χ3n) is 1.71. The van der Waals surface area contributed by atoms with Gasteiger partial charge in [-0.1, -0.05) is 0 Å². The fourth-order valence-electron chi connectivity index (χ4n) is 1.01. The van der Waals surface area contributed by atoms with Gasteiger partial charge in [-0.2, -0.15) is 0 Å². The lowest BCUT2D eigenvalue weighted by Crippen LogP contribution is -2.12. The van der Waals surface area contributed by atoms with E-state index in [2.05, 4.69) is 9.97 Å². The first kappa shape index (κ1) is 9.22. The van der Waals surface area contributed by atoms with Crippen LogP contribution in [0.2, 0.25) is 0 Å². The lowest BCUT2D eigenvalue weighted by molar-refractivity contribution is 0.0884. The predicted octanol–water partition coefficient (Wildman–Crippen LogP) is 0.00392. The van der Waals surface area contributed by atoms with E-state index in [-0.39, 0.29) is 6.61 Å². The molecule has 12 heavy (non-hydrogen) atoms. The van der Waals surface area contributed by atoms with Crippen molar-refractivity contribution in [2.45, 2.75) is 25.9 Å². The molecule has 0 saturated heterocycles. The van der Waals surface area contributed by atoms with Gasteiger partial charge in [0.1, 0.15) is 5.82 Å². The number of nitrogens with zero attached hydrogens (tertiary/aromatic N) is 1. The van der Waals surface area contributed by atoms with Crippen LogP contribution in [-0.2, 0) is 6.42 Å². The van der Waals surface area contributed by atoms with Crippen LogP contribution in [0, 0.1) is 6.92 Å². The summed E-state index contributed by atoms with van der Waals surface area (Å²) < 4.78 is 0. The molecule has 0 spiro atoms. The Kier molecular flexibility index (Phi) is 3.25. The maximum atomic E-state index is 9.04. The first-order valence-corrected chi connectivity index (χ1v) is 4.01. The van der Waals surface area contributed by atoms with E-state index in [1.54, 1.807) is 6.20 Å². The topological polar surface area (TPSA) is 69.1 Å². The molecule has 0 saturated carbocycles. The minimum Gasteiger partial charge on any atom is -0.394 e. The molecule has 0 amide bonds. The van der Waals surface area contributed by atoms with Gasteiger partial charge in [-0.05, 0) is 19.8 Å². The van der Waals surface area contributed by atoms with Gasteiger partial charge in [-0.3, -0.25) is 0 Å². The number of hydrogen-bond donors (Lipinski definition) is 3. The van der Waals surface area contributed by atoms with Gasteiger partial charge in [0, 0.05) is 11.9 Å². The minimum absolute atomic E-state index is 0.173. The Bertz CT molecular complexity index is 235. The summed E-state index contributed by atoms with van der Waals surface area (Å²) in [5.41, 5.74) is 1.00. The second-order valence-electron chi connectivity index (χ2n) is 2.87. The van der Waals surface area contributed by atoms with Gasteiger partial charge in [0.25, 0.3) is 0 Å². The molecule has 1 aromatic heterocycles. The van der Waals surface area contributed by atoms with Crippen molar-refractivity contribution in [3.63, 3.8) is 0 Å². The Hall–Kier alpha value is -0.870. The van der Waals surface area contributed by atoms with E-state index < -0.39 is 6.10 Å². The molecule has 0 fully saturated rings. The number of nitrogens with one attached hydrogen (secondary N) is 1. The van der Waals surface area contributed by atoms with Crippen molar-refractivity contribution < 1.29 is 10.2 Å². The average molecular weight is 170 g/mol. The minimum atomic E-state index is -0.617. The number of aromatic amines is 1. The molecule has 4 nitrogen and oxygen atoms in total. The molecule has 1 aromatic rings. The van der Waals surface area contributed by atoms with Crippen molar-refractivity contribution in [1.82, 2.24) is 9.97 Å². The fourth-order valence-corrected chi connectivity index (χ4v) is 1.01. The number of aliphatic hydroxyl groups is 2. The molecule has 0 radical (unpaired) electrons. The Morgan fingerprint density at radius 1 is 1.67 bits per heavy atom. The van der Waals surface area contributed by atoms with Gasteiger partial charge in [0.15, 0.2) is 0 Å². The molecular weight excluding hydrogens is 156 g/mol. The molecule has 1 heterocycles. The molecule has 3 N–H and O–H groups in total. The number of rotatable bonds is 4. The Morgan fingerprint density at radius 2 is 2.42 bits per heavy atom. The summed E-state index contributed by atoms with van der Waals surface area (Å²) in [7, 11) is 0. The molecule has 0 aliphatic rings. The fraction of sp³-hybridized carbons (Fsp3) is 0.625. The van der Waals surface area contributed by atoms with E-state index >= 15 is 0 Å². The zero-order valence-corrected chi connectivity index (χ0v) is 7.12. The van der Waals surface area contributed by atoms with Crippen LogP contribution >= 0.6 is 0 Å². The molecule has 0 aliphatic carbocycles. The molecular formula is C8H14N2O2. The number of hydrogen-bond acceptors (Lipinski definition) is 3. The Morgan fingerprint density at radius 3 is 2.92 bits per heavy atom. The number of H-pyrrole nitrogens is 1. The van der Waals surface area contributed by atoms with Crippen LogP contribution in [0.25, 0.3) is 0 Å². The van der Waals surface area contributed by atoms with Gasteiger partial charge >= 0.3 is 0 Å². The highest BCUT2D eigenvalue weighted by Gasteiger charge is 2.03. The van der Waals surface area contributed by atoms with Crippen LogP contribution in [0.5, 0.6) is 0 Å². The summed E-state index contributed by atoms with van der Waals surface area (Å²) in [6.07, 6.45) is 2.42. The van der Waals surface area contributed by atoms with Crippen LogP contribution in [0.1, 0.15) is 17.9 Å². The second kappa shape index (κ2) is 4.23. The quantitative estimate of drug-likeness (QED) is 0.596. The van der Waals surface area contributed by atoms with Crippen LogP contribution in [0.3, 0.4) is 0 Å². The van der Waals surface area contributed by atoms with Crippen LogP contribution in [0.15, 0.2) is 6.20 Å². The summed E-state index contributed by atoms with van der Waals surface area (Å²) in [5, 5.41) is 17.6. The van der Waals surface area contributed by atoms with E-state index in [0.717, 1.165) is 17.9 Å². The maximum absolute atomic E-state index is 9.04. The lowest BCUT2D eigenvalue weighted by Gasteiger charge is -2.04. The molecule has 4 heteroatoms. The Balaban J connectivity index is 2.33. The summed E-state index contributed by atoms with van der Waals surface area (Å²) in [6, 6.07) is 0. The van der Waals surface area contributed by atoms with Crippen molar-refractivity contribution >= 4 is 0 Å². The van der Waals surface area contributed by atoms with Gasteiger partial charge in [-0.25, -0.2) is 4.98 Å². The highest BCUT2D eigenvalue weighted by Crippen LogP contribution is 2.02. The monoisotopic (exact) mass is 170 g/mol. The van der Waals surface area contributed by atoms with Gasteiger partial charge in [0.05, 0.1) is 12.7 Å². The smallest absolute Gasteiger partial charge is 0.103 e. The molecule has 1 rings (SSSR count). The number of aliphatic hydroxyl groups excluding tert-OH is 2. The molecule has 68 valence electrons. The van der Waals surface area contributed by atoms with E-state index in [1.165, 1.54) is 0 Å². The summed E-state index contributed by atoms with van der Waals surface area (Å²) in [5.74, 6) is 0.878. The third-order valence-corrected chi connectivity index (χ3v) is 1.71. The molecule has 1 unspecified atom stereocenters. The summed E-state index contributed by atoms with van der Waals surface area (Å²) in [4.78, 5) is 7.07. The van der Waals surface area contributed by atoms with Crippen molar-refractivity contribution in [3.8, 4) is 0 Å². The molecule has 0 aromatic carbocycles. The second-order valence-corrected chi connectivity index (χ2v) is 2.87. The van der Waals surface area contributed by atoms with E-state index in [0.29, 0.717) is 6.42 Å². The van der Waals surface area contributed by atoms with Gasteiger partial charge < -0.3 is 15.2 Å². The normalized spacial score (nSPS) is 13.2. The third kappa shape index (κ3) is 2.64. The molecule has 1 atom stereocenters. The largest absolute Gasteiger partial charge is 0.394 e.